The van der Waals surface area contributed by atoms with Crippen molar-refractivity contribution in [3.63, 3.8) is 0 Å². The van der Waals surface area contributed by atoms with Crippen LogP contribution >= 0.6 is 11.6 Å². The van der Waals surface area contributed by atoms with E-state index in [-0.39, 0.29) is 40.9 Å². The molecule has 5 nitrogen and oxygen atoms in total. The predicted molar refractivity (Wildman–Crippen MR) is 109 cm³/mol. The quantitative estimate of drug-likeness (QED) is 0.571. The molecular formula is C22H26ClNO4. The van der Waals surface area contributed by atoms with Crippen LogP contribution < -0.4 is 4.74 Å². The Morgan fingerprint density at radius 1 is 1.21 bits per heavy atom. The summed E-state index contributed by atoms with van der Waals surface area (Å²) in [7, 11) is 3.15. The smallest absolute Gasteiger partial charge is 0.226 e. The van der Waals surface area contributed by atoms with Gasteiger partial charge in [0.2, 0.25) is 5.91 Å². The molecule has 1 saturated carbocycles. The van der Waals surface area contributed by atoms with Crippen LogP contribution in [0.2, 0.25) is 5.02 Å². The van der Waals surface area contributed by atoms with Crippen LogP contribution in [0, 0.1) is 17.8 Å². The Kier molecular flexibility index (Phi) is 6.56. The molecule has 0 spiro atoms. The van der Waals surface area contributed by atoms with Crippen molar-refractivity contribution in [2.45, 2.75) is 52.0 Å². The van der Waals surface area contributed by atoms with Gasteiger partial charge in [0.15, 0.2) is 0 Å². The monoisotopic (exact) mass is 403 g/mol. The van der Waals surface area contributed by atoms with E-state index in [1.807, 2.05) is 20.8 Å². The standard InChI is InChI=1S/C22H26ClNO4/c1-7-8-13-9-15(23)19(18(10-13)28-6)20-16(25)11-14(12-17(20)26)21(27)24(5)22(2,3)4/h9-10,14,20H,11-12H2,1-6H3. The Bertz CT molecular complexity index is 855. The molecular weight excluding hydrogens is 378 g/mol. The van der Waals surface area contributed by atoms with Gasteiger partial charge in [-0.15, -0.1) is 5.92 Å². The van der Waals surface area contributed by atoms with Crippen molar-refractivity contribution in [1.29, 1.82) is 0 Å². The number of carbonyl (C=O) groups is 3. The zero-order chi connectivity index (χ0) is 21.2. The summed E-state index contributed by atoms with van der Waals surface area (Å²) in [4.78, 5) is 40.1. The molecule has 0 unspecified atom stereocenters. The summed E-state index contributed by atoms with van der Waals surface area (Å²) in [6.07, 6.45) is 0.0112. The molecule has 1 amide bonds. The van der Waals surface area contributed by atoms with Crippen molar-refractivity contribution in [3.8, 4) is 17.6 Å². The molecule has 1 aliphatic rings. The molecule has 0 saturated heterocycles. The molecule has 0 radical (unpaired) electrons. The van der Waals surface area contributed by atoms with Gasteiger partial charge in [0.25, 0.3) is 0 Å². The van der Waals surface area contributed by atoms with Crippen LogP contribution in [0.25, 0.3) is 0 Å². The SMILES string of the molecule is CC#Cc1cc(Cl)c(C2C(=O)CC(C(=O)N(C)C(C)(C)C)CC2=O)c(OC)c1. The highest BCUT2D eigenvalue weighted by Crippen LogP contribution is 2.40. The second kappa shape index (κ2) is 8.36. The average Bonchev–Trinajstić information content (AvgIpc) is 2.60. The van der Waals surface area contributed by atoms with Gasteiger partial charge in [-0.1, -0.05) is 17.5 Å². The number of hydrogen-bond donors (Lipinski definition) is 0. The lowest BCUT2D eigenvalue weighted by molar-refractivity contribution is -0.146. The maximum atomic E-state index is 12.9. The van der Waals surface area contributed by atoms with Gasteiger partial charge in [0.05, 0.1) is 13.0 Å². The maximum absolute atomic E-state index is 12.9. The van der Waals surface area contributed by atoms with Gasteiger partial charge in [-0.3, -0.25) is 14.4 Å². The van der Waals surface area contributed by atoms with Crippen LogP contribution in [0.1, 0.15) is 57.6 Å². The van der Waals surface area contributed by atoms with E-state index < -0.39 is 11.8 Å². The van der Waals surface area contributed by atoms with Crippen molar-refractivity contribution >= 4 is 29.1 Å². The molecule has 1 aromatic carbocycles. The number of methoxy groups -OCH3 is 1. The Morgan fingerprint density at radius 3 is 2.25 bits per heavy atom. The third-order valence-electron chi connectivity index (χ3n) is 5.09. The summed E-state index contributed by atoms with van der Waals surface area (Å²) < 4.78 is 5.39. The van der Waals surface area contributed by atoms with Crippen LogP contribution in [-0.2, 0) is 14.4 Å². The highest BCUT2D eigenvalue weighted by molar-refractivity contribution is 6.33. The van der Waals surface area contributed by atoms with Crippen molar-refractivity contribution in [3.05, 3.63) is 28.3 Å². The van der Waals surface area contributed by atoms with Gasteiger partial charge in [0.1, 0.15) is 23.2 Å². The molecule has 0 N–H and O–H groups in total. The van der Waals surface area contributed by atoms with Gasteiger partial charge in [0, 0.05) is 41.6 Å². The number of nitrogens with zero attached hydrogens (tertiary/aromatic N) is 1. The Morgan fingerprint density at radius 2 is 1.79 bits per heavy atom. The third kappa shape index (κ3) is 4.39. The zero-order valence-corrected chi connectivity index (χ0v) is 17.9. The Balaban J connectivity index is 2.36. The predicted octanol–water partition coefficient (Wildman–Crippen LogP) is 3.61. The summed E-state index contributed by atoms with van der Waals surface area (Å²) in [5, 5.41) is 0.264. The molecule has 150 valence electrons. The lowest BCUT2D eigenvalue weighted by atomic mass is 9.75. The molecule has 28 heavy (non-hydrogen) atoms. The highest BCUT2D eigenvalue weighted by atomic mass is 35.5. The van der Waals surface area contributed by atoms with E-state index in [4.69, 9.17) is 16.3 Å². The second-order valence-electron chi connectivity index (χ2n) is 7.99. The van der Waals surface area contributed by atoms with E-state index >= 15 is 0 Å². The fourth-order valence-electron chi connectivity index (χ4n) is 3.33. The van der Waals surface area contributed by atoms with Crippen molar-refractivity contribution in [2.75, 3.05) is 14.2 Å². The first kappa shape index (κ1) is 22.0. The molecule has 0 heterocycles. The van der Waals surface area contributed by atoms with Crippen molar-refractivity contribution in [1.82, 2.24) is 4.90 Å². The summed E-state index contributed by atoms with van der Waals surface area (Å²) in [6, 6.07) is 3.30. The lowest BCUT2D eigenvalue weighted by Gasteiger charge is -2.36. The largest absolute Gasteiger partial charge is 0.496 e. The Labute approximate surface area is 171 Å². The van der Waals surface area contributed by atoms with Gasteiger partial charge < -0.3 is 9.64 Å². The third-order valence-corrected chi connectivity index (χ3v) is 5.41. The highest BCUT2D eigenvalue weighted by Gasteiger charge is 2.43. The summed E-state index contributed by atoms with van der Waals surface area (Å²) in [5.41, 5.74) is 0.613. The normalized spacial score (nSPS) is 19.7. The first-order chi connectivity index (χ1) is 13.0. The number of halogens is 1. The van der Waals surface area contributed by atoms with E-state index in [0.717, 1.165) is 0 Å². The second-order valence-corrected chi connectivity index (χ2v) is 8.40. The Hall–Kier alpha value is -2.32. The maximum Gasteiger partial charge on any atom is 0.226 e. The molecule has 2 rings (SSSR count). The van der Waals surface area contributed by atoms with Crippen LogP contribution in [0.15, 0.2) is 12.1 Å². The molecule has 1 aromatic rings. The van der Waals surface area contributed by atoms with Gasteiger partial charge in [-0.2, -0.15) is 0 Å². The van der Waals surface area contributed by atoms with Crippen LogP contribution in [0.3, 0.4) is 0 Å². The average molecular weight is 404 g/mol. The number of benzene rings is 1. The van der Waals surface area contributed by atoms with Gasteiger partial charge in [-0.05, 0) is 39.8 Å². The minimum Gasteiger partial charge on any atom is -0.496 e. The summed E-state index contributed by atoms with van der Waals surface area (Å²) in [5.74, 6) is 3.54. The van der Waals surface area contributed by atoms with Crippen LogP contribution in [0.5, 0.6) is 5.75 Å². The molecule has 1 aliphatic carbocycles. The summed E-state index contributed by atoms with van der Waals surface area (Å²) >= 11 is 6.39. The van der Waals surface area contributed by atoms with Crippen LogP contribution in [-0.4, -0.2) is 42.1 Å². The van der Waals surface area contributed by atoms with E-state index in [1.165, 1.54) is 7.11 Å². The first-order valence-corrected chi connectivity index (χ1v) is 9.52. The van der Waals surface area contributed by atoms with E-state index in [2.05, 4.69) is 11.8 Å². The van der Waals surface area contributed by atoms with Crippen molar-refractivity contribution in [2.24, 2.45) is 5.92 Å². The number of hydrogen-bond acceptors (Lipinski definition) is 4. The fraction of sp³-hybridized carbons (Fsp3) is 0.500. The number of ether oxygens (including phenoxy) is 1. The number of Topliss-reactive ketones (excluding diaryl/α,β-unsaturated/α-hetero) is 2. The first-order valence-electron chi connectivity index (χ1n) is 9.14. The van der Waals surface area contributed by atoms with Gasteiger partial charge >= 0.3 is 0 Å². The van der Waals surface area contributed by atoms with E-state index in [9.17, 15) is 14.4 Å². The fourth-order valence-corrected chi connectivity index (χ4v) is 3.65. The van der Waals surface area contributed by atoms with E-state index in [1.54, 1.807) is 31.0 Å². The number of amides is 1. The minimum absolute atomic E-state index is 0.00562. The number of ketones is 2. The topological polar surface area (TPSA) is 63.7 Å². The molecule has 0 aromatic heterocycles. The zero-order valence-electron chi connectivity index (χ0n) is 17.2. The number of rotatable bonds is 3. The molecule has 0 atom stereocenters. The lowest BCUT2D eigenvalue weighted by Crippen LogP contribution is -2.48. The summed E-state index contributed by atoms with van der Waals surface area (Å²) in [6.45, 7) is 7.43. The number of carbonyl (C=O) groups excluding carboxylic acids is 3. The molecule has 0 bridgehead atoms. The van der Waals surface area contributed by atoms with Gasteiger partial charge in [-0.25, -0.2) is 0 Å². The molecule has 0 aliphatic heterocycles. The van der Waals surface area contributed by atoms with E-state index in [0.29, 0.717) is 16.9 Å². The minimum atomic E-state index is -1.02. The van der Waals surface area contributed by atoms with Crippen LogP contribution in [0.4, 0.5) is 0 Å². The molecule has 6 heteroatoms. The molecule has 1 fully saturated rings. The van der Waals surface area contributed by atoms with Crippen molar-refractivity contribution < 1.29 is 19.1 Å².